The van der Waals surface area contributed by atoms with Crippen LogP contribution in [0.1, 0.15) is 16.3 Å². The summed E-state index contributed by atoms with van der Waals surface area (Å²) < 4.78 is 43.9. The number of hydrogen-bond acceptors (Lipinski definition) is 4. The maximum absolute atomic E-state index is 12.6. The molecule has 1 aromatic heterocycles. The number of ether oxygens (including phenoxy) is 1. The van der Waals surface area contributed by atoms with Crippen LogP contribution in [-0.2, 0) is 19.3 Å². The maximum atomic E-state index is 12.6. The highest BCUT2D eigenvalue weighted by Gasteiger charge is 2.33. The van der Waals surface area contributed by atoms with E-state index < -0.39 is 11.9 Å². The first-order chi connectivity index (χ1) is 11.8. The molecule has 2 aromatic rings. The quantitative estimate of drug-likeness (QED) is 0.552. The average molecular weight is 437 g/mol. The van der Waals surface area contributed by atoms with Crippen molar-refractivity contribution in [3.05, 3.63) is 44.3 Å². The van der Waals surface area contributed by atoms with Gasteiger partial charge in [0.1, 0.15) is 10.8 Å². The SMILES string of the molecule is CN=C(NCc1nc(C(F)(F)F)cs1)NCc1cc(Br)ccc1OC. The zero-order chi connectivity index (χ0) is 18.4. The first kappa shape index (κ1) is 19.5. The van der Waals surface area contributed by atoms with Gasteiger partial charge < -0.3 is 15.4 Å². The van der Waals surface area contributed by atoms with Crippen molar-refractivity contribution in [1.29, 1.82) is 0 Å². The van der Waals surface area contributed by atoms with E-state index in [1.807, 2.05) is 18.2 Å². The van der Waals surface area contributed by atoms with Crippen LogP contribution in [-0.4, -0.2) is 25.1 Å². The Kier molecular flexibility index (Phi) is 6.65. The molecule has 0 saturated carbocycles. The van der Waals surface area contributed by atoms with Crippen molar-refractivity contribution in [3.63, 3.8) is 0 Å². The third kappa shape index (κ3) is 5.60. The van der Waals surface area contributed by atoms with E-state index in [4.69, 9.17) is 4.74 Å². The molecule has 5 nitrogen and oxygen atoms in total. The Labute approximate surface area is 155 Å². The van der Waals surface area contributed by atoms with Crippen molar-refractivity contribution in [2.75, 3.05) is 14.2 Å². The summed E-state index contributed by atoms with van der Waals surface area (Å²) in [7, 11) is 3.16. The smallest absolute Gasteiger partial charge is 0.434 e. The van der Waals surface area contributed by atoms with Crippen molar-refractivity contribution >= 4 is 33.2 Å². The zero-order valence-corrected chi connectivity index (χ0v) is 15.8. The van der Waals surface area contributed by atoms with Gasteiger partial charge in [0.15, 0.2) is 11.7 Å². The number of rotatable bonds is 5. The van der Waals surface area contributed by atoms with Gasteiger partial charge in [0.25, 0.3) is 0 Å². The summed E-state index contributed by atoms with van der Waals surface area (Å²) in [5.74, 6) is 1.17. The standard InChI is InChI=1S/C15H16BrF3N4OS/c1-20-14(21-6-9-5-10(16)3-4-11(9)24-2)22-7-13-23-12(8-25-13)15(17,18)19/h3-5,8H,6-7H2,1-2H3,(H2,20,21,22). The first-order valence-corrected chi connectivity index (χ1v) is 8.79. The lowest BCUT2D eigenvalue weighted by molar-refractivity contribution is -0.140. The molecule has 0 aliphatic rings. The normalized spacial score (nSPS) is 12.2. The second-order valence-electron chi connectivity index (χ2n) is 4.86. The molecule has 0 atom stereocenters. The molecular weight excluding hydrogens is 421 g/mol. The molecule has 0 aliphatic carbocycles. The molecule has 0 unspecified atom stereocenters. The highest BCUT2D eigenvalue weighted by molar-refractivity contribution is 9.10. The van der Waals surface area contributed by atoms with E-state index in [0.29, 0.717) is 17.5 Å². The highest BCUT2D eigenvalue weighted by Crippen LogP contribution is 2.29. The molecule has 0 amide bonds. The van der Waals surface area contributed by atoms with Gasteiger partial charge in [0.05, 0.1) is 13.7 Å². The average Bonchev–Trinajstić information content (AvgIpc) is 3.04. The number of benzene rings is 1. The van der Waals surface area contributed by atoms with Crippen molar-refractivity contribution in [2.45, 2.75) is 19.3 Å². The molecule has 0 radical (unpaired) electrons. The molecule has 0 spiro atoms. The molecule has 0 bridgehead atoms. The van der Waals surface area contributed by atoms with Crippen LogP contribution in [0, 0.1) is 0 Å². The predicted molar refractivity (Wildman–Crippen MR) is 94.8 cm³/mol. The van der Waals surface area contributed by atoms with Gasteiger partial charge in [-0.2, -0.15) is 13.2 Å². The van der Waals surface area contributed by atoms with Gasteiger partial charge in [-0.05, 0) is 18.2 Å². The van der Waals surface area contributed by atoms with Crippen LogP contribution in [0.3, 0.4) is 0 Å². The molecule has 25 heavy (non-hydrogen) atoms. The second-order valence-corrected chi connectivity index (χ2v) is 6.72. The summed E-state index contributed by atoms with van der Waals surface area (Å²) in [5, 5.41) is 7.36. The van der Waals surface area contributed by atoms with Crippen molar-refractivity contribution in [2.24, 2.45) is 4.99 Å². The minimum absolute atomic E-state index is 0.149. The van der Waals surface area contributed by atoms with Gasteiger partial charge in [-0.25, -0.2) is 4.98 Å². The molecule has 10 heteroatoms. The first-order valence-electron chi connectivity index (χ1n) is 7.12. The van der Waals surface area contributed by atoms with Crippen molar-refractivity contribution < 1.29 is 17.9 Å². The summed E-state index contributed by atoms with van der Waals surface area (Å²) in [6.07, 6.45) is -4.42. The molecule has 2 rings (SSSR count). The van der Waals surface area contributed by atoms with E-state index in [2.05, 4.69) is 36.5 Å². The molecule has 2 N–H and O–H groups in total. The van der Waals surface area contributed by atoms with Crippen LogP contribution in [0.25, 0.3) is 0 Å². The van der Waals surface area contributed by atoms with E-state index in [1.165, 1.54) is 0 Å². The van der Waals surface area contributed by atoms with Crippen LogP contribution >= 0.6 is 27.3 Å². The Morgan fingerprint density at radius 3 is 2.64 bits per heavy atom. The Hall–Kier alpha value is -1.81. The van der Waals surface area contributed by atoms with Crippen LogP contribution in [0.2, 0.25) is 0 Å². The Morgan fingerprint density at radius 2 is 2.04 bits per heavy atom. The molecule has 0 saturated heterocycles. The van der Waals surface area contributed by atoms with Crippen molar-refractivity contribution in [1.82, 2.24) is 15.6 Å². The van der Waals surface area contributed by atoms with Gasteiger partial charge in [0, 0.05) is 29.0 Å². The van der Waals surface area contributed by atoms with E-state index in [-0.39, 0.29) is 6.54 Å². The number of aromatic nitrogens is 1. The summed E-state index contributed by atoms with van der Waals surface area (Å²) in [6, 6.07) is 5.62. The predicted octanol–water partition coefficient (Wildman–Crippen LogP) is 3.80. The number of guanidine groups is 1. The second kappa shape index (κ2) is 8.52. The zero-order valence-electron chi connectivity index (χ0n) is 13.4. The van der Waals surface area contributed by atoms with E-state index >= 15 is 0 Å². The Balaban J connectivity index is 1.93. The number of alkyl halides is 3. The minimum Gasteiger partial charge on any atom is -0.496 e. The third-order valence-corrected chi connectivity index (χ3v) is 4.50. The lowest BCUT2D eigenvalue weighted by Crippen LogP contribution is -2.36. The van der Waals surface area contributed by atoms with Gasteiger partial charge in [0.2, 0.25) is 0 Å². The molecule has 1 aromatic carbocycles. The van der Waals surface area contributed by atoms with Crippen LogP contribution in [0.5, 0.6) is 5.75 Å². The van der Waals surface area contributed by atoms with Gasteiger partial charge in [-0.1, -0.05) is 15.9 Å². The van der Waals surface area contributed by atoms with Gasteiger partial charge in [-0.3, -0.25) is 4.99 Å². The fourth-order valence-electron chi connectivity index (χ4n) is 1.97. The van der Waals surface area contributed by atoms with Gasteiger partial charge in [-0.15, -0.1) is 11.3 Å². The lowest BCUT2D eigenvalue weighted by atomic mass is 10.2. The van der Waals surface area contributed by atoms with E-state index in [0.717, 1.165) is 32.5 Å². The topological polar surface area (TPSA) is 58.5 Å². The third-order valence-electron chi connectivity index (χ3n) is 3.16. The number of nitrogens with one attached hydrogen (secondary N) is 2. The van der Waals surface area contributed by atoms with Crippen LogP contribution in [0.4, 0.5) is 13.2 Å². The van der Waals surface area contributed by atoms with Crippen LogP contribution < -0.4 is 15.4 Å². The molecule has 0 aliphatic heterocycles. The molecule has 1 heterocycles. The van der Waals surface area contributed by atoms with E-state index in [1.54, 1.807) is 14.2 Å². The number of methoxy groups -OCH3 is 1. The molecule has 136 valence electrons. The largest absolute Gasteiger partial charge is 0.496 e. The molecular formula is C15H16BrF3N4OS. The Morgan fingerprint density at radius 1 is 1.32 bits per heavy atom. The number of nitrogens with zero attached hydrogens (tertiary/aromatic N) is 2. The number of halogens is 4. The number of aliphatic imine (C=N–C) groups is 1. The van der Waals surface area contributed by atoms with E-state index in [9.17, 15) is 13.2 Å². The fourth-order valence-corrected chi connectivity index (χ4v) is 3.12. The summed E-state index contributed by atoms with van der Waals surface area (Å²) in [4.78, 5) is 7.62. The van der Waals surface area contributed by atoms with Crippen molar-refractivity contribution in [3.8, 4) is 5.75 Å². The number of hydrogen-bond donors (Lipinski definition) is 2. The highest BCUT2D eigenvalue weighted by atomic mass is 79.9. The lowest BCUT2D eigenvalue weighted by Gasteiger charge is -2.13. The summed E-state index contributed by atoms with van der Waals surface area (Å²) in [5.41, 5.74) is 0.0320. The minimum atomic E-state index is -4.42. The Bertz CT molecular complexity index is 749. The number of thiazole rings is 1. The summed E-state index contributed by atoms with van der Waals surface area (Å²) >= 11 is 4.35. The fraction of sp³-hybridized carbons (Fsp3) is 0.333. The van der Waals surface area contributed by atoms with Gasteiger partial charge >= 0.3 is 6.18 Å². The van der Waals surface area contributed by atoms with Crippen LogP contribution in [0.15, 0.2) is 33.0 Å². The molecule has 0 fully saturated rings. The maximum Gasteiger partial charge on any atom is 0.434 e. The monoisotopic (exact) mass is 436 g/mol. The summed E-state index contributed by atoms with van der Waals surface area (Å²) in [6.45, 7) is 0.587.